The van der Waals surface area contributed by atoms with Gasteiger partial charge in [-0.15, -0.1) is 0 Å². The van der Waals surface area contributed by atoms with Crippen LogP contribution in [-0.4, -0.2) is 9.55 Å². The number of fused-ring (bicyclic) bond motifs is 1. The Labute approximate surface area is 124 Å². The second-order valence-corrected chi connectivity index (χ2v) is 5.43. The van der Waals surface area contributed by atoms with E-state index in [1.165, 1.54) is 6.07 Å². The van der Waals surface area contributed by atoms with Crippen molar-refractivity contribution in [3.63, 3.8) is 0 Å². The molecule has 3 aromatic rings. The fraction of sp³-hybridized carbons (Fsp3) is 0.133. The number of rotatable bonds is 2. The van der Waals surface area contributed by atoms with Crippen LogP contribution in [0.4, 0.5) is 10.1 Å². The second-order valence-electron chi connectivity index (χ2n) is 4.52. The Kier molecular flexibility index (Phi) is 3.22. The molecule has 0 saturated carbocycles. The number of para-hydroxylation sites is 1. The van der Waals surface area contributed by atoms with E-state index in [1.54, 1.807) is 6.07 Å². The summed E-state index contributed by atoms with van der Waals surface area (Å²) in [6, 6.07) is 10.6. The highest BCUT2D eigenvalue weighted by Gasteiger charge is 2.15. The molecule has 0 aliphatic rings. The molecule has 2 aromatic carbocycles. The predicted molar refractivity (Wildman–Crippen MR) is 82.9 cm³/mol. The minimum absolute atomic E-state index is 0.313. The average Bonchev–Trinajstić information content (AvgIpc) is 2.78. The van der Waals surface area contributed by atoms with Crippen molar-refractivity contribution in [2.24, 2.45) is 0 Å². The van der Waals surface area contributed by atoms with Gasteiger partial charge >= 0.3 is 0 Å². The van der Waals surface area contributed by atoms with Gasteiger partial charge in [0, 0.05) is 22.3 Å². The van der Waals surface area contributed by atoms with E-state index in [9.17, 15) is 4.39 Å². The van der Waals surface area contributed by atoms with Gasteiger partial charge in [-0.2, -0.15) is 0 Å². The molecular formula is C15H13BrFN3. The zero-order chi connectivity index (χ0) is 14.3. The zero-order valence-electron chi connectivity index (χ0n) is 10.9. The molecule has 0 saturated heterocycles. The molecule has 3 nitrogen and oxygen atoms in total. The van der Waals surface area contributed by atoms with Crippen LogP contribution in [-0.2, 0) is 6.54 Å². The first-order valence-corrected chi connectivity index (χ1v) is 7.11. The Bertz CT molecular complexity index is 795. The summed E-state index contributed by atoms with van der Waals surface area (Å²) in [5.41, 5.74) is 8.65. The van der Waals surface area contributed by atoms with E-state index in [4.69, 9.17) is 5.73 Å². The van der Waals surface area contributed by atoms with E-state index >= 15 is 0 Å². The largest absolute Gasteiger partial charge is 0.398 e. The summed E-state index contributed by atoms with van der Waals surface area (Å²) < 4.78 is 16.8. The molecule has 0 atom stereocenters. The molecule has 0 bridgehead atoms. The molecule has 0 aliphatic heterocycles. The van der Waals surface area contributed by atoms with Gasteiger partial charge in [-0.25, -0.2) is 9.37 Å². The predicted octanol–water partition coefficient (Wildman–Crippen LogP) is 4.21. The van der Waals surface area contributed by atoms with E-state index in [0.717, 1.165) is 15.6 Å². The molecule has 0 spiro atoms. The van der Waals surface area contributed by atoms with Gasteiger partial charge in [-0.1, -0.05) is 22.0 Å². The molecule has 5 heteroatoms. The van der Waals surface area contributed by atoms with E-state index in [0.29, 0.717) is 23.6 Å². The van der Waals surface area contributed by atoms with Crippen molar-refractivity contribution in [3.8, 4) is 11.4 Å². The van der Waals surface area contributed by atoms with Crippen LogP contribution in [0.25, 0.3) is 22.4 Å². The number of nitrogens with two attached hydrogens (primary N) is 1. The Morgan fingerprint density at radius 1 is 1.30 bits per heavy atom. The molecule has 2 N–H and O–H groups in total. The summed E-state index contributed by atoms with van der Waals surface area (Å²) in [6.45, 7) is 2.70. The van der Waals surface area contributed by atoms with Gasteiger partial charge in [-0.3, -0.25) is 0 Å². The third kappa shape index (κ3) is 1.98. The number of benzene rings is 2. The number of hydrogen-bond acceptors (Lipinski definition) is 2. The summed E-state index contributed by atoms with van der Waals surface area (Å²) >= 11 is 3.38. The number of aromatic nitrogens is 2. The number of hydrogen-bond donors (Lipinski definition) is 1. The number of halogens is 2. The van der Waals surface area contributed by atoms with Crippen molar-refractivity contribution in [2.45, 2.75) is 13.5 Å². The van der Waals surface area contributed by atoms with Crippen LogP contribution < -0.4 is 5.73 Å². The third-order valence-corrected chi connectivity index (χ3v) is 3.79. The van der Waals surface area contributed by atoms with E-state index in [2.05, 4.69) is 20.9 Å². The Morgan fingerprint density at radius 3 is 2.80 bits per heavy atom. The summed E-state index contributed by atoms with van der Waals surface area (Å²) in [5.74, 6) is 0.379. The van der Waals surface area contributed by atoms with Gasteiger partial charge in [-0.05, 0) is 37.3 Å². The van der Waals surface area contributed by atoms with Gasteiger partial charge < -0.3 is 10.3 Å². The summed E-state index contributed by atoms with van der Waals surface area (Å²) in [7, 11) is 0. The van der Waals surface area contributed by atoms with Crippen LogP contribution in [0.15, 0.2) is 40.9 Å². The molecule has 3 rings (SSSR count). The molecule has 1 aromatic heterocycles. The Balaban J connectivity index is 2.33. The highest BCUT2D eigenvalue weighted by atomic mass is 79.9. The van der Waals surface area contributed by atoms with Crippen LogP contribution in [0.5, 0.6) is 0 Å². The van der Waals surface area contributed by atoms with Crippen molar-refractivity contribution in [1.29, 1.82) is 0 Å². The van der Waals surface area contributed by atoms with Gasteiger partial charge in [0.05, 0.1) is 5.52 Å². The minimum atomic E-state index is -0.313. The lowest BCUT2D eigenvalue weighted by Crippen LogP contribution is -2.00. The second kappa shape index (κ2) is 4.90. The van der Waals surface area contributed by atoms with Gasteiger partial charge in [0.2, 0.25) is 0 Å². The summed E-state index contributed by atoms with van der Waals surface area (Å²) in [5, 5.41) is 0. The number of imidazole rings is 1. The van der Waals surface area contributed by atoms with E-state index < -0.39 is 0 Å². The van der Waals surface area contributed by atoms with Crippen LogP contribution >= 0.6 is 15.9 Å². The summed E-state index contributed by atoms with van der Waals surface area (Å²) in [6.07, 6.45) is 0. The van der Waals surface area contributed by atoms with E-state index in [1.807, 2.05) is 35.8 Å². The Hall–Kier alpha value is -1.88. The topological polar surface area (TPSA) is 43.8 Å². The SMILES string of the molecule is CCn1c(-c2ccc(Br)cc2N)nc2c(F)cccc21. The van der Waals surface area contributed by atoms with E-state index in [-0.39, 0.29) is 5.82 Å². The molecule has 0 aliphatic carbocycles. The van der Waals surface area contributed by atoms with Crippen LogP contribution in [0, 0.1) is 5.82 Å². The first kappa shape index (κ1) is 13.1. The summed E-state index contributed by atoms with van der Waals surface area (Å²) in [4.78, 5) is 4.44. The quantitative estimate of drug-likeness (QED) is 0.714. The molecule has 0 unspecified atom stereocenters. The molecule has 20 heavy (non-hydrogen) atoms. The molecule has 0 fully saturated rings. The number of anilines is 1. The highest BCUT2D eigenvalue weighted by Crippen LogP contribution is 2.31. The van der Waals surface area contributed by atoms with Crippen molar-refractivity contribution in [3.05, 3.63) is 46.7 Å². The fourth-order valence-corrected chi connectivity index (χ4v) is 2.75. The number of nitrogens with zero attached hydrogens (tertiary/aromatic N) is 2. The van der Waals surface area contributed by atoms with Gasteiger partial charge in [0.1, 0.15) is 11.3 Å². The van der Waals surface area contributed by atoms with Crippen LogP contribution in [0.3, 0.4) is 0 Å². The first-order valence-electron chi connectivity index (χ1n) is 6.32. The van der Waals surface area contributed by atoms with Crippen LogP contribution in [0.2, 0.25) is 0 Å². The molecule has 0 amide bonds. The zero-order valence-corrected chi connectivity index (χ0v) is 12.5. The lowest BCUT2D eigenvalue weighted by molar-refractivity contribution is 0.637. The van der Waals surface area contributed by atoms with Crippen molar-refractivity contribution in [1.82, 2.24) is 9.55 Å². The van der Waals surface area contributed by atoms with Crippen LogP contribution in [0.1, 0.15) is 6.92 Å². The molecular weight excluding hydrogens is 321 g/mol. The van der Waals surface area contributed by atoms with Crippen molar-refractivity contribution >= 4 is 32.7 Å². The maximum Gasteiger partial charge on any atom is 0.151 e. The van der Waals surface area contributed by atoms with Crippen molar-refractivity contribution in [2.75, 3.05) is 5.73 Å². The Morgan fingerprint density at radius 2 is 2.10 bits per heavy atom. The number of aryl methyl sites for hydroxylation is 1. The monoisotopic (exact) mass is 333 g/mol. The molecule has 1 heterocycles. The van der Waals surface area contributed by atoms with Gasteiger partial charge in [0.15, 0.2) is 5.82 Å². The first-order chi connectivity index (χ1) is 9.61. The lowest BCUT2D eigenvalue weighted by Gasteiger charge is -2.08. The fourth-order valence-electron chi connectivity index (χ4n) is 2.38. The third-order valence-electron chi connectivity index (χ3n) is 3.30. The molecule has 0 radical (unpaired) electrons. The normalized spacial score (nSPS) is 11.2. The van der Waals surface area contributed by atoms with Crippen molar-refractivity contribution < 1.29 is 4.39 Å². The maximum atomic E-state index is 13.9. The standard InChI is InChI=1S/C15H13BrFN3/c1-2-20-13-5-3-4-11(17)14(13)19-15(20)10-7-6-9(16)8-12(10)18/h3-8H,2,18H2,1H3. The number of nitrogen functional groups attached to an aromatic ring is 1. The average molecular weight is 334 g/mol. The molecule has 102 valence electrons. The van der Waals surface area contributed by atoms with Gasteiger partial charge in [0.25, 0.3) is 0 Å². The minimum Gasteiger partial charge on any atom is -0.398 e. The lowest BCUT2D eigenvalue weighted by atomic mass is 10.1. The smallest absolute Gasteiger partial charge is 0.151 e. The highest BCUT2D eigenvalue weighted by molar-refractivity contribution is 9.10. The maximum absolute atomic E-state index is 13.9.